The number of alkyl halides is 17. The molecule has 188 valence electrons. The largest absolute Gasteiger partial charge is 0.162 e. The normalized spacial score (nSPS) is 16.1. The van der Waals surface area contributed by atoms with Crippen LogP contribution < -0.4 is 0 Å². The Kier molecular flexibility index (Phi) is 17.8. The van der Waals surface area contributed by atoms with Crippen molar-refractivity contribution in [3.8, 4) is 0 Å². The van der Waals surface area contributed by atoms with Gasteiger partial charge in [0.2, 0.25) is 0 Å². The molecule has 0 bridgehead atoms. The molecule has 0 radical (unpaired) electrons. The molecule has 0 aromatic rings. The van der Waals surface area contributed by atoms with Gasteiger partial charge in [0.15, 0.2) is 2.14 Å². The third-order valence-corrected chi connectivity index (χ3v) is 38.3. The molecule has 0 unspecified atom stereocenters. The predicted octanol–water partition coefficient (Wildman–Crippen LogP) is 15.2. The molecule has 0 nitrogen and oxygen atoms in total. The van der Waals surface area contributed by atoms with Crippen LogP contribution in [0.5, 0.6) is 0 Å². The smallest absolute Gasteiger partial charge is 0.0701 e. The van der Waals surface area contributed by atoms with Crippen LogP contribution in [0, 0.1) is 0 Å². The maximum absolute atomic E-state index is 3.93. The minimum atomic E-state index is -0.953. The van der Waals surface area contributed by atoms with E-state index in [0.717, 1.165) is 19.3 Å². The van der Waals surface area contributed by atoms with Crippen molar-refractivity contribution in [1.29, 1.82) is 0 Å². The molecule has 0 amide bonds. The molecule has 31 heavy (non-hydrogen) atoms. The summed E-state index contributed by atoms with van der Waals surface area (Å²) < 4.78 is -6.61. The van der Waals surface area contributed by atoms with Crippen LogP contribution in [0.15, 0.2) is 0 Å². The summed E-state index contributed by atoms with van der Waals surface area (Å²) in [6, 6.07) is 0. The van der Waals surface area contributed by atoms with Crippen LogP contribution in [0.4, 0.5) is 0 Å². The molecule has 0 aliphatic carbocycles. The molecule has 0 N–H and O–H groups in total. The topological polar surface area (TPSA) is 0 Å². The second-order valence-corrected chi connectivity index (χ2v) is 37.7. The highest BCUT2D eigenvalue weighted by Crippen LogP contribution is 2.78. The van der Waals surface area contributed by atoms with Gasteiger partial charge in [-0.15, -0.1) is 0 Å². The van der Waals surface area contributed by atoms with Crippen LogP contribution in [0.2, 0.25) is 0 Å². The van der Waals surface area contributed by atoms with Crippen LogP contribution in [0.3, 0.4) is 0 Å². The van der Waals surface area contributed by atoms with Gasteiger partial charge < -0.3 is 0 Å². The average molecular weight is 1540 g/mol. The molecule has 0 aliphatic heterocycles. The zero-order valence-corrected chi connectivity index (χ0v) is 41.9. The molecule has 0 heterocycles. The van der Waals surface area contributed by atoms with E-state index in [-0.39, 0.29) is 0 Å². The van der Waals surface area contributed by atoms with Crippen molar-refractivity contribution in [3.63, 3.8) is 0 Å². The first-order valence-corrected chi connectivity index (χ1v) is 21.5. The van der Waals surface area contributed by atoms with Gasteiger partial charge in [-0.05, 0) is 6.42 Å². The van der Waals surface area contributed by atoms with E-state index in [1.54, 1.807) is 0 Å². The van der Waals surface area contributed by atoms with Crippen molar-refractivity contribution in [1.82, 2.24) is 0 Å². The van der Waals surface area contributed by atoms with Gasteiger partial charge in [0.1, 0.15) is 22.6 Å². The van der Waals surface area contributed by atoms with Gasteiger partial charge in [-0.25, -0.2) is 0 Å². The first-order chi connectivity index (χ1) is 13.3. The minimum absolute atomic E-state index is 0.526. The fourth-order valence-corrected chi connectivity index (χ4v) is 17.5. The Balaban J connectivity index is 6.37. The lowest BCUT2D eigenvalue weighted by atomic mass is 10.0. The fourth-order valence-electron chi connectivity index (χ4n) is 2.13. The van der Waals surface area contributed by atoms with Crippen molar-refractivity contribution < 1.29 is 0 Å². The lowest BCUT2D eigenvalue weighted by Crippen LogP contribution is -2.67. The molecule has 0 rings (SSSR count). The van der Waals surface area contributed by atoms with E-state index in [9.17, 15) is 0 Å². The minimum Gasteiger partial charge on any atom is -0.0701 e. The van der Waals surface area contributed by atoms with Crippen LogP contribution in [-0.2, 0) is 0 Å². The zero-order chi connectivity index (χ0) is 25.5. The van der Waals surface area contributed by atoms with E-state index in [1.807, 2.05) is 0 Å². The molecular formula is C14H13Br17. The van der Waals surface area contributed by atoms with E-state index in [1.165, 1.54) is 12.8 Å². The molecule has 0 aromatic heterocycles. The summed E-state index contributed by atoms with van der Waals surface area (Å²) in [4.78, 5) is 0. The standard InChI is InChI=1S/C14H13Br17/c1-2-3-4-5-6-7(15,16)8(17,18)9(19,20)10(21,22)11(23,24)12(25,26)13(27,28)14(29,30)31/h2-6H2,1H3. The number of hydrogen-bond acceptors (Lipinski definition) is 0. The van der Waals surface area contributed by atoms with Gasteiger partial charge in [0.25, 0.3) is 0 Å². The first kappa shape index (κ1) is 39.2. The highest BCUT2D eigenvalue weighted by atomic mass is 80.0. The fraction of sp³-hybridized carbons (Fsp3) is 1.00. The molecule has 0 spiro atoms. The second kappa shape index (κ2) is 14.1. The Morgan fingerprint density at radius 1 is 0.387 bits per heavy atom. The summed E-state index contributed by atoms with van der Waals surface area (Å²) in [5, 5.41) is 0. The van der Waals surface area contributed by atoms with Crippen LogP contribution >= 0.6 is 271 Å². The van der Waals surface area contributed by atoms with Crippen molar-refractivity contribution in [2.45, 2.75) is 63.8 Å². The van der Waals surface area contributed by atoms with Crippen molar-refractivity contribution >= 4 is 271 Å². The predicted molar refractivity (Wildman–Crippen MR) is 202 cm³/mol. The van der Waals surface area contributed by atoms with E-state index in [0.29, 0.717) is 0 Å². The number of halogens is 17. The van der Waals surface area contributed by atoms with Gasteiger partial charge in [-0.1, -0.05) is 303 Å². The van der Waals surface area contributed by atoms with Crippen LogP contribution in [0.25, 0.3) is 0 Å². The second-order valence-electron chi connectivity index (χ2n) is 6.46. The molecule has 0 aliphatic rings. The lowest BCUT2D eigenvalue weighted by molar-refractivity contribution is 0.540. The van der Waals surface area contributed by atoms with Crippen molar-refractivity contribution in [2.24, 2.45) is 0 Å². The summed E-state index contributed by atoms with van der Waals surface area (Å²) in [6.45, 7) is 2.20. The van der Waals surface area contributed by atoms with E-state index in [2.05, 4.69) is 278 Å². The zero-order valence-electron chi connectivity index (χ0n) is 15.0. The number of rotatable bonds is 11. The summed E-state index contributed by atoms with van der Waals surface area (Å²) in [5.41, 5.74) is 0. The Hall–Kier alpha value is 8.16. The summed E-state index contributed by atoms with van der Waals surface area (Å²) in [5.74, 6) is 0. The van der Waals surface area contributed by atoms with E-state index < -0.39 is 24.8 Å². The Labute approximate surface area is 327 Å². The van der Waals surface area contributed by atoms with Crippen LogP contribution in [0.1, 0.15) is 39.0 Å². The molecule has 0 fully saturated rings. The molecule has 0 aromatic carbocycles. The van der Waals surface area contributed by atoms with Gasteiger partial charge >= 0.3 is 0 Å². The van der Waals surface area contributed by atoms with Gasteiger partial charge in [0.05, 0.1) is 0 Å². The van der Waals surface area contributed by atoms with Gasteiger partial charge in [0, 0.05) is 0 Å². The van der Waals surface area contributed by atoms with E-state index >= 15 is 0 Å². The number of hydrogen-bond donors (Lipinski definition) is 0. The molecule has 17 heteroatoms. The molecule has 0 saturated carbocycles. The maximum atomic E-state index is 3.93. The third kappa shape index (κ3) is 8.17. The van der Waals surface area contributed by atoms with Crippen molar-refractivity contribution in [2.75, 3.05) is 0 Å². The monoisotopic (exact) mass is 1520 g/mol. The van der Waals surface area contributed by atoms with Gasteiger partial charge in [-0.2, -0.15) is 0 Å². The highest BCUT2D eigenvalue weighted by Gasteiger charge is 2.77. The lowest BCUT2D eigenvalue weighted by Gasteiger charge is -2.57. The molecular weight excluding hydrogens is 1530 g/mol. The summed E-state index contributed by atoms with van der Waals surface area (Å²) >= 11 is 65.2. The Bertz CT molecular complexity index is 600. The summed E-state index contributed by atoms with van der Waals surface area (Å²) in [7, 11) is 0. The Morgan fingerprint density at radius 2 is 0.710 bits per heavy atom. The summed E-state index contributed by atoms with van der Waals surface area (Å²) in [6.07, 6.45) is 5.46. The maximum Gasteiger partial charge on any atom is 0.162 e. The van der Waals surface area contributed by atoms with Gasteiger partial charge in [-0.3, -0.25) is 0 Å². The Morgan fingerprint density at radius 3 is 1.03 bits per heavy atom. The SMILES string of the molecule is CCCCCCC(Br)(Br)C(Br)(Br)C(Br)(Br)C(Br)(Br)C(Br)(Br)C(Br)(Br)C(Br)(Br)C(Br)(Br)Br. The van der Waals surface area contributed by atoms with Crippen LogP contribution in [-0.4, -0.2) is 24.8 Å². The highest BCUT2D eigenvalue weighted by molar-refractivity contribution is 9.42. The molecule has 0 saturated heterocycles. The average Bonchev–Trinajstić information content (AvgIpc) is 2.56. The van der Waals surface area contributed by atoms with E-state index in [4.69, 9.17) is 0 Å². The molecule has 0 atom stereocenters. The van der Waals surface area contributed by atoms with Crippen molar-refractivity contribution in [3.05, 3.63) is 0 Å². The first-order valence-electron chi connectivity index (χ1n) is 8.02. The quantitative estimate of drug-likeness (QED) is 0.143. The third-order valence-electron chi connectivity index (χ3n) is 4.13. The number of unbranched alkanes of at least 4 members (excludes halogenated alkanes) is 3.